The van der Waals surface area contributed by atoms with Crippen molar-refractivity contribution in [3.05, 3.63) is 11.6 Å². The van der Waals surface area contributed by atoms with Gasteiger partial charge in [-0.05, 0) is 29.1 Å². The van der Waals surface area contributed by atoms with Crippen LogP contribution >= 0.6 is 0 Å². The van der Waals surface area contributed by atoms with Gasteiger partial charge in [0.2, 0.25) is 8.32 Å². The summed E-state index contributed by atoms with van der Waals surface area (Å²) in [5, 5.41) is 8.98. The fraction of sp³-hybridized carbons (Fsp3) is 0.857. The van der Waals surface area contributed by atoms with Crippen LogP contribution in [0.3, 0.4) is 0 Å². The van der Waals surface area contributed by atoms with E-state index in [0.717, 1.165) is 5.57 Å². The molecule has 0 aliphatic carbocycles. The van der Waals surface area contributed by atoms with Crippen molar-refractivity contribution in [1.82, 2.24) is 0 Å². The fourth-order valence-electron chi connectivity index (χ4n) is 2.89. The van der Waals surface area contributed by atoms with Crippen LogP contribution in [-0.4, -0.2) is 26.6 Å². The summed E-state index contributed by atoms with van der Waals surface area (Å²) in [6, 6.07) is 0. The summed E-state index contributed by atoms with van der Waals surface area (Å²) < 4.78 is 6.34. The normalized spacial score (nSPS) is 14.2. The molecule has 0 rings (SSSR count). The minimum absolute atomic E-state index is 0.128. The van der Waals surface area contributed by atoms with Crippen LogP contribution < -0.4 is 0 Å². The van der Waals surface area contributed by atoms with Gasteiger partial charge in [-0.3, -0.25) is 0 Å². The van der Waals surface area contributed by atoms with Crippen LogP contribution in [0.25, 0.3) is 0 Å². The molecule has 0 heterocycles. The van der Waals surface area contributed by atoms with Crippen molar-refractivity contribution in [1.29, 1.82) is 0 Å². The third-order valence-corrected chi connectivity index (χ3v) is 9.80. The highest BCUT2D eigenvalue weighted by Crippen LogP contribution is 2.42. The van der Waals surface area contributed by atoms with E-state index in [1.165, 1.54) is 0 Å². The Morgan fingerprint density at radius 3 is 1.76 bits per heavy atom. The Kier molecular flexibility index (Phi) is 7.29. The third-order valence-electron chi connectivity index (χ3n) is 3.72. The first kappa shape index (κ1) is 16.9. The molecular weight excluding hydrogens is 228 g/mol. The highest BCUT2D eigenvalue weighted by molar-refractivity contribution is 6.77. The molecule has 3 heteroatoms. The molecule has 0 atom stereocenters. The zero-order valence-corrected chi connectivity index (χ0v) is 13.6. The first-order valence-electron chi connectivity index (χ1n) is 6.69. The maximum absolute atomic E-state index is 8.98. The minimum Gasteiger partial charge on any atom is -0.412 e. The van der Waals surface area contributed by atoms with Crippen LogP contribution in [0, 0.1) is 0 Å². The zero-order valence-electron chi connectivity index (χ0n) is 12.6. The van der Waals surface area contributed by atoms with Gasteiger partial charge in [0.25, 0.3) is 0 Å². The minimum atomic E-state index is -1.73. The molecule has 0 aromatic carbocycles. The van der Waals surface area contributed by atoms with Gasteiger partial charge in [0.05, 0.1) is 13.2 Å². The van der Waals surface area contributed by atoms with Crippen LogP contribution in [0.4, 0.5) is 0 Å². The molecular formula is C14H30O2Si. The molecule has 0 saturated heterocycles. The van der Waals surface area contributed by atoms with Gasteiger partial charge in [-0.15, -0.1) is 0 Å². The smallest absolute Gasteiger partial charge is 0.200 e. The summed E-state index contributed by atoms with van der Waals surface area (Å²) in [5.74, 6) is 0. The van der Waals surface area contributed by atoms with Gasteiger partial charge in [-0.1, -0.05) is 47.6 Å². The van der Waals surface area contributed by atoms with Gasteiger partial charge in [0.1, 0.15) is 0 Å². The lowest BCUT2D eigenvalue weighted by molar-refractivity contribution is 0.307. The molecule has 0 spiro atoms. The Bertz CT molecular complexity index is 223. The van der Waals surface area contributed by atoms with Crippen LogP contribution in [0.15, 0.2) is 11.6 Å². The molecule has 2 nitrogen and oxygen atoms in total. The van der Waals surface area contributed by atoms with Crippen LogP contribution in [0.5, 0.6) is 0 Å². The van der Waals surface area contributed by atoms with Gasteiger partial charge in [0, 0.05) is 0 Å². The van der Waals surface area contributed by atoms with Crippen molar-refractivity contribution >= 4 is 8.32 Å². The number of aliphatic hydroxyl groups is 1. The van der Waals surface area contributed by atoms with Crippen molar-refractivity contribution in [2.24, 2.45) is 0 Å². The molecule has 17 heavy (non-hydrogen) atoms. The van der Waals surface area contributed by atoms with Crippen LogP contribution in [0.1, 0.15) is 48.5 Å². The SMILES string of the molecule is C/C(=C\CO[Si](C(C)C)(C(C)C)C(C)C)CO. The van der Waals surface area contributed by atoms with E-state index >= 15 is 0 Å². The predicted octanol–water partition coefficient (Wildman–Crippen LogP) is 4.12. The topological polar surface area (TPSA) is 29.5 Å². The predicted molar refractivity (Wildman–Crippen MR) is 77.8 cm³/mol. The summed E-state index contributed by atoms with van der Waals surface area (Å²) in [7, 11) is -1.73. The van der Waals surface area contributed by atoms with E-state index in [1.807, 2.05) is 13.0 Å². The summed E-state index contributed by atoms with van der Waals surface area (Å²) in [4.78, 5) is 0. The van der Waals surface area contributed by atoms with E-state index < -0.39 is 8.32 Å². The van der Waals surface area contributed by atoms with Crippen LogP contribution in [0.2, 0.25) is 16.6 Å². The number of hydrogen-bond donors (Lipinski definition) is 1. The quantitative estimate of drug-likeness (QED) is 0.550. The fourth-order valence-corrected chi connectivity index (χ4v) is 8.26. The summed E-state index contributed by atoms with van der Waals surface area (Å²) in [5.41, 5.74) is 2.84. The molecule has 0 aromatic rings. The maximum atomic E-state index is 8.98. The Morgan fingerprint density at radius 2 is 1.47 bits per heavy atom. The van der Waals surface area contributed by atoms with Crippen LogP contribution in [-0.2, 0) is 4.43 Å². The van der Waals surface area contributed by atoms with Gasteiger partial charge in [0.15, 0.2) is 0 Å². The zero-order chi connectivity index (χ0) is 13.6. The van der Waals surface area contributed by atoms with Gasteiger partial charge in [-0.25, -0.2) is 0 Å². The molecule has 0 aliphatic rings. The highest BCUT2D eigenvalue weighted by atomic mass is 28.4. The summed E-state index contributed by atoms with van der Waals surface area (Å²) >= 11 is 0. The molecule has 102 valence electrons. The summed E-state index contributed by atoms with van der Waals surface area (Å²) in [6.45, 7) is 16.4. The standard InChI is InChI=1S/C14H30O2Si/c1-11(2)17(12(3)4,13(5)6)16-9-8-14(7)10-15/h8,11-13,15H,9-10H2,1-7H3/b14-8+. The second kappa shape index (κ2) is 7.34. The number of hydrogen-bond acceptors (Lipinski definition) is 2. The molecule has 0 fully saturated rings. The molecule has 0 amide bonds. The Hall–Kier alpha value is -0.123. The molecule has 0 unspecified atom stereocenters. The van der Waals surface area contributed by atoms with E-state index in [2.05, 4.69) is 41.5 Å². The highest BCUT2D eigenvalue weighted by Gasteiger charge is 2.44. The lowest BCUT2D eigenvalue weighted by Crippen LogP contribution is -2.47. The van der Waals surface area contributed by atoms with E-state index in [0.29, 0.717) is 23.2 Å². The molecule has 0 aromatic heterocycles. The third kappa shape index (κ3) is 4.23. The monoisotopic (exact) mass is 258 g/mol. The van der Waals surface area contributed by atoms with Gasteiger partial charge in [-0.2, -0.15) is 0 Å². The van der Waals surface area contributed by atoms with Crippen molar-refractivity contribution in [2.75, 3.05) is 13.2 Å². The Morgan fingerprint density at radius 1 is 1.06 bits per heavy atom. The first-order chi connectivity index (χ1) is 7.78. The second-order valence-electron chi connectivity index (χ2n) is 5.84. The molecule has 0 aliphatic heterocycles. The van der Waals surface area contributed by atoms with Gasteiger partial charge < -0.3 is 9.53 Å². The van der Waals surface area contributed by atoms with Crippen molar-refractivity contribution < 1.29 is 9.53 Å². The van der Waals surface area contributed by atoms with Crippen molar-refractivity contribution in [3.63, 3.8) is 0 Å². The van der Waals surface area contributed by atoms with Crippen molar-refractivity contribution in [3.8, 4) is 0 Å². The average molecular weight is 258 g/mol. The lowest BCUT2D eigenvalue weighted by Gasteiger charge is -2.42. The molecule has 0 radical (unpaired) electrons. The first-order valence-corrected chi connectivity index (χ1v) is 8.83. The molecule has 0 saturated carbocycles. The summed E-state index contributed by atoms with van der Waals surface area (Å²) in [6.07, 6.45) is 2.01. The average Bonchev–Trinajstić information content (AvgIpc) is 2.22. The van der Waals surface area contributed by atoms with E-state index in [-0.39, 0.29) is 6.61 Å². The van der Waals surface area contributed by atoms with E-state index in [1.54, 1.807) is 0 Å². The van der Waals surface area contributed by atoms with E-state index in [4.69, 9.17) is 9.53 Å². The van der Waals surface area contributed by atoms with E-state index in [9.17, 15) is 0 Å². The lowest BCUT2D eigenvalue weighted by atomic mass is 10.3. The molecule has 0 bridgehead atoms. The Balaban J connectivity index is 4.82. The van der Waals surface area contributed by atoms with Gasteiger partial charge >= 0.3 is 0 Å². The Labute approximate surface area is 108 Å². The number of aliphatic hydroxyl groups excluding tert-OH is 1. The largest absolute Gasteiger partial charge is 0.412 e. The van der Waals surface area contributed by atoms with Crippen molar-refractivity contribution in [2.45, 2.75) is 65.1 Å². The second-order valence-corrected chi connectivity index (χ2v) is 11.3. The number of rotatable bonds is 7. The maximum Gasteiger partial charge on any atom is 0.200 e. The molecule has 1 N–H and O–H groups in total.